The van der Waals surface area contributed by atoms with Crippen LogP contribution in [0.25, 0.3) is 6.08 Å². The summed E-state index contributed by atoms with van der Waals surface area (Å²) in [6.07, 6.45) is 1.48. The van der Waals surface area contributed by atoms with Gasteiger partial charge in [0.25, 0.3) is 5.91 Å². The molecule has 1 N–H and O–H groups in total. The SMILES string of the molecule is COc1ccc(NC(=O)/C(C#N)=C/c2ccc(OC(C)C)c(OC)c2)cc1OC. The van der Waals surface area contributed by atoms with Crippen LogP contribution in [0.4, 0.5) is 5.69 Å². The Kier molecular flexibility index (Phi) is 7.49. The fourth-order valence-electron chi connectivity index (χ4n) is 2.55. The second kappa shape index (κ2) is 10.0. The lowest BCUT2D eigenvalue weighted by atomic mass is 10.1. The predicted molar refractivity (Wildman–Crippen MR) is 111 cm³/mol. The lowest BCUT2D eigenvalue weighted by molar-refractivity contribution is -0.112. The third kappa shape index (κ3) is 5.66. The standard InChI is InChI=1S/C22H24N2O5/c1-14(2)29-19-8-6-15(11-20(19)27-4)10-16(13-23)22(25)24-17-7-9-18(26-3)21(12-17)28-5/h6-12,14H,1-5H3,(H,24,25)/b16-10+. The lowest BCUT2D eigenvalue weighted by Gasteiger charge is -2.14. The molecule has 0 heterocycles. The van der Waals surface area contributed by atoms with Crippen molar-refractivity contribution in [1.82, 2.24) is 0 Å². The van der Waals surface area contributed by atoms with Crippen molar-refractivity contribution >= 4 is 17.7 Å². The Morgan fingerprint density at radius 2 is 1.59 bits per heavy atom. The average molecular weight is 396 g/mol. The summed E-state index contributed by atoms with van der Waals surface area (Å²) in [5.74, 6) is 1.58. The van der Waals surface area contributed by atoms with Crippen LogP contribution in [0.15, 0.2) is 42.0 Å². The van der Waals surface area contributed by atoms with Gasteiger partial charge in [-0.25, -0.2) is 0 Å². The molecule has 0 unspecified atom stereocenters. The zero-order chi connectivity index (χ0) is 21.4. The number of nitrogens with one attached hydrogen (secondary N) is 1. The Hall–Kier alpha value is -3.66. The van der Waals surface area contributed by atoms with Crippen molar-refractivity contribution in [3.63, 3.8) is 0 Å². The van der Waals surface area contributed by atoms with Crippen LogP contribution in [0, 0.1) is 11.3 Å². The molecule has 7 nitrogen and oxygen atoms in total. The summed E-state index contributed by atoms with van der Waals surface area (Å²) in [6.45, 7) is 3.83. The number of nitriles is 1. The van der Waals surface area contributed by atoms with Gasteiger partial charge in [-0.3, -0.25) is 4.79 Å². The molecule has 0 aromatic heterocycles. The first-order valence-corrected chi connectivity index (χ1v) is 8.91. The van der Waals surface area contributed by atoms with Gasteiger partial charge in [-0.15, -0.1) is 0 Å². The minimum absolute atomic E-state index is 0.00720. The molecule has 0 saturated carbocycles. The summed E-state index contributed by atoms with van der Waals surface area (Å²) in [5.41, 5.74) is 1.06. The van der Waals surface area contributed by atoms with Gasteiger partial charge in [0.1, 0.15) is 11.6 Å². The summed E-state index contributed by atoms with van der Waals surface area (Å²) in [4.78, 5) is 12.5. The van der Waals surface area contributed by atoms with Crippen molar-refractivity contribution in [2.24, 2.45) is 0 Å². The molecule has 0 spiro atoms. The van der Waals surface area contributed by atoms with Crippen LogP contribution in [-0.4, -0.2) is 33.3 Å². The molecule has 0 fully saturated rings. The van der Waals surface area contributed by atoms with E-state index in [2.05, 4.69) is 5.32 Å². The number of amides is 1. The van der Waals surface area contributed by atoms with E-state index >= 15 is 0 Å². The van der Waals surface area contributed by atoms with Gasteiger partial charge in [0.2, 0.25) is 0 Å². The van der Waals surface area contributed by atoms with Crippen LogP contribution in [-0.2, 0) is 4.79 Å². The summed E-state index contributed by atoms with van der Waals surface area (Å²) in [7, 11) is 4.56. The number of rotatable bonds is 8. The number of nitrogens with zero attached hydrogens (tertiary/aromatic N) is 1. The normalized spacial score (nSPS) is 10.9. The van der Waals surface area contributed by atoms with Crippen molar-refractivity contribution in [3.05, 3.63) is 47.5 Å². The van der Waals surface area contributed by atoms with Gasteiger partial charge < -0.3 is 24.3 Å². The van der Waals surface area contributed by atoms with Gasteiger partial charge in [-0.2, -0.15) is 5.26 Å². The van der Waals surface area contributed by atoms with Gasteiger partial charge in [0.15, 0.2) is 23.0 Å². The molecular weight excluding hydrogens is 372 g/mol. The highest BCUT2D eigenvalue weighted by molar-refractivity contribution is 6.09. The second-order valence-corrected chi connectivity index (χ2v) is 6.27. The second-order valence-electron chi connectivity index (χ2n) is 6.27. The lowest BCUT2D eigenvalue weighted by Crippen LogP contribution is -2.13. The molecule has 0 aliphatic carbocycles. The first-order chi connectivity index (χ1) is 13.9. The van der Waals surface area contributed by atoms with Gasteiger partial charge in [-0.05, 0) is 49.8 Å². The van der Waals surface area contributed by atoms with E-state index in [1.165, 1.54) is 27.4 Å². The molecule has 29 heavy (non-hydrogen) atoms. The van der Waals surface area contributed by atoms with E-state index in [1.807, 2.05) is 19.9 Å². The van der Waals surface area contributed by atoms with E-state index in [9.17, 15) is 10.1 Å². The number of benzene rings is 2. The van der Waals surface area contributed by atoms with E-state index in [0.717, 1.165) is 0 Å². The summed E-state index contributed by atoms with van der Waals surface area (Å²) >= 11 is 0. The molecule has 0 aliphatic heterocycles. The molecule has 2 aromatic carbocycles. The van der Waals surface area contributed by atoms with Crippen molar-refractivity contribution in [2.45, 2.75) is 20.0 Å². The number of hydrogen-bond donors (Lipinski definition) is 1. The molecule has 0 saturated heterocycles. The molecule has 7 heteroatoms. The molecule has 2 rings (SSSR count). The monoisotopic (exact) mass is 396 g/mol. The minimum Gasteiger partial charge on any atom is -0.493 e. The van der Waals surface area contributed by atoms with E-state index in [0.29, 0.717) is 34.2 Å². The van der Waals surface area contributed by atoms with Crippen LogP contribution in [0.2, 0.25) is 0 Å². The van der Waals surface area contributed by atoms with Crippen LogP contribution in [0.5, 0.6) is 23.0 Å². The molecule has 0 radical (unpaired) electrons. The van der Waals surface area contributed by atoms with E-state index in [-0.39, 0.29) is 11.7 Å². The highest BCUT2D eigenvalue weighted by atomic mass is 16.5. The largest absolute Gasteiger partial charge is 0.493 e. The summed E-state index contributed by atoms with van der Waals surface area (Å²) in [6, 6.07) is 12.1. The van der Waals surface area contributed by atoms with Crippen molar-refractivity contribution < 1.29 is 23.7 Å². The van der Waals surface area contributed by atoms with Crippen molar-refractivity contribution in [1.29, 1.82) is 5.26 Å². The fourth-order valence-corrected chi connectivity index (χ4v) is 2.55. The van der Waals surface area contributed by atoms with E-state index < -0.39 is 5.91 Å². The highest BCUT2D eigenvalue weighted by Crippen LogP contribution is 2.31. The van der Waals surface area contributed by atoms with Crippen LogP contribution in [0.3, 0.4) is 0 Å². The molecule has 0 atom stereocenters. The van der Waals surface area contributed by atoms with Gasteiger partial charge in [0.05, 0.1) is 27.4 Å². The number of carbonyl (C=O) groups is 1. The number of hydrogen-bond acceptors (Lipinski definition) is 6. The van der Waals surface area contributed by atoms with Crippen LogP contribution in [0.1, 0.15) is 19.4 Å². The molecule has 0 bridgehead atoms. The predicted octanol–water partition coefficient (Wildman–Crippen LogP) is 4.05. The maximum atomic E-state index is 12.5. The summed E-state index contributed by atoms with van der Waals surface area (Å²) < 4.78 is 21.4. The zero-order valence-electron chi connectivity index (χ0n) is 17.1. The number of anilines is 1. The van der Waals surface area contributed by atoms with Crippen molar-refractivity contribution in [2.75, 3.05) is 26.6 Å². The van der Waals surface area contributed by atoms with Crippen LogP contribution >= 0.6 is 0 Å². The molecule has 2 aromatic rings. The number of ether oxygens (including phenoxy) is 4. The summed E-state index contributed by atoms with van der Waals surface area (Å²) in [5, 5.41) is 12.1. The van der Waals surface area contributed by atoms with E-state index in [1.54, 1.807) is 36.4 Å². The van der Waals surface area contributed by atoms with Gasteiger partial charge in [0, 0.05) is 11.8 Å². The first kappa shape index (κ1) is 21.6. The minimum atomic E-state index is -0.541. The Morgan fingerprint density at radius 3 is 2.17 bits per heavy atom. The average Bonchev–Trinajstić information content (AvgIpc) is 2.72. The Bertz CT molecular complexity index is 945. The molecule has 152 valence electrons. The molecule has 0 aliphatic rings. The maximum Gasteiger partial charge on any atom is 0.266 e. The van der Waals surface area contributed by atoms with E-state index in [4.69, 9.17) is 18.9 Å². The van der Waals surface area contributed by atoms with Crippen LogP contribution < -0.4 is 24.3 Å². The molecular formula is C22H24N2O5. The molecule has 1 amide bonds. The fraction of sp³-hybridized carbons (Fsp3) is 0.273. The third-order valence-corrected chi connectivity index (χ3v) is 3.87. The van der Waals surface area contributed by atoms with Gasteiger partial charge >= 0.3 is 0 Å². The Balaban J connectivity index is 2.25. The third-order valence-electron chi connectivity index (χ3n) is 3.87. The first-order valence-electron chi connectivity index (χ1n) is 8.91. The Labute approximate surface area is 170 Å². The smallest absolute Gasteiger partial charge is 0.266 e. The topological polar surface area (TPSA) is 89.8 Å². The number of carbonyl (C=O) groups excluding carboxylic acids is 1. The van der Waals surface area contributed by atoms with Gasteiger partial charge in [-0.1, -0.05) is 6.07 Å². The number of methoxy groups -OCH3 is 3. The highest BCUT2D eigenvalue weighted by Gasteiger charge is 2.13. The maximum absolute atomic E-state index is 12.5. The quantitative estimate of drug-likeness (QED) is 0.535. The van der Waals surface area contributed by atoms with Crippen molar-refractivity contribution in [3.8, 4) is 29.1 Å². The zero-order valence-corrected chi connectivity index (χ0v) is 17.1. The Morgan fingerprint density at radius 1 is 0.966 bits per heavy atom.